The van der Waals surface area contributed by atoms with Crippen LogP contribution >= 0.6 is 0 Å². The summed E-state index contributed by atoms with van der Waals surface area (Å²) in [4.78, 5) is 16.7. The van der Waals surface area contributed by atoms with Crippen molar-refractivity contribution < 1.29 is 4.79 Å². The molecule has 4 rings (SSSR count). The van der Waals surface area contributed by atoms with Gasteiger partial charge >= 0.3 is 0 Å². The first-order chi connectivity index (χ1) is 10.8. The Bertz CT molecular complexity index is 803. The fourth-order valence-electron chi connectivity index (χ4n) is 2.90. The van der Waals surface area contributed by atoms with Crippen molar-refractivity contribution in [3.05, 3.63) is 23.7 Å². The van der Waals surface area contributed by atoms with E-state index >= 15 is 0 Å². The fourth-order valence-corrected chi connectivity index (χ4v) is 2.90. The Kier molecular flexibility index (Phi) is 2.81. The minimum Gasteiger partial charge on any atom is -0.339 e. The second kappa shape index (κ2) is 4.83. The molecule has 1 saturated carbocycles. The van der Waals surface area contributed by atoms with Crippen molar-refractivity contribution in [3.8, 4) is 0 Å². The Hall–Kier alpha value is -2.91. The van der Waals surface area contributed by atoms with E-state index in [0.717, 1.165) is 25.7 Å². The summed E-state index contributed by atoms with van der Waals surface area (Å²) in [5.41, 5.74) is 0.886. The number of rotatable bonds is 3. The van der Waals surface area contributed by atoms with Gasteiger partial charge in [0.05, 0.1) is 5.56 Å². The van der Waals surface area contributed by atoms with Gasteiger partial charge in [-0.3, -0.25) is 4.79 Å². The molecule has 0 radical (unpaired) electrons. The molecule has 3 aromatic rings. The van der Waals surface area contributed by atoms with Crippen molar-refractivity contribution in [3.63, 3.8) is 0 Å². The average molecular weight is 299 g/mol. The number of amides is 1. The third kappa shape index (κ3) is 2.00. The van der Waals surface area contributed by atoms with Crippen LogP contribution in [0.4, 0.5) is 0 Å². The standard InChI is InChI=1S/C12H13N9O/c22-10(7-5-8-9(13-6-7)16-19-15-8)14-12(3-1-2-4-12)11-17-20-21-18-11/h5-6H,1-4H2,(H,14,22)(H,13,15,16,19)(H,17,18,20,21). The predicted octanol–water partition coefficient (Wildman–Crippen LogP) is 0.0653. The molecule has 3 N–H and O–H groups in total. The zero-order valence-corrected chi connectivity index (χ0v) is 11.6. The summed E-state index contributed by atoms with van der Waals surface area (Å²) in [6.45, 7) is 0. The van der Waals surface area contributed by atoms with Gasteiger partial charge in [-0.1, -0.05) is 18.1 Å². The van der Waals surface area contributed by atoms with E-state index in [1.165, 1.54) is 6.20 Å². The highest BCUT2D eigenvalue weighted by atomic mass is 16.1. The third-order valence-electron chi connectivity index (χ3n) is 4.02. The van der Waals surface area contributed by atoms with Gasteiger partial charge in [0.25, 0.3) is 5.91 Å². The maximum atomic E-state index is 12.6. The zero-order chi connectivity index (χ0) is 15.0. The van der Waals surface area contributed by atoms with E-state index in [4.69, 9.17) is 0 Å². The highest BCUT2D eigenvalue weighted by Crippen LogP contribution is 2.36. The van der Waals surface area contributed by atoms with E-state index in [2.05, 4.69) is 46.3 Å². The molecule has 22 heavy (non-hydrogen) atoms. The molecule has 0 aromatic carbocycles. The number of carbonyl (C=O) groups is 1. The first-order valence-electron chi connectivity index (χ1n) is 7.00. The fraction of sp³-hybridized carbons (Fsp3) is 0.417. The van der Waals surface area contributed by atoms with Crippen molar-refractivity contribution in [1.82, 2.24) is 46.3 Å². The number of hydrogen-bond acceptors (Lipinski definition) is 7. The van der Waals surface area contributed by atoms with E-state index < -0.39 is 5.54 Å². The molecule has 1 aliphatic carbocycles. The van der Waals surface area contributed by atoms with Gasteiger partial charge in [-0.25, -0.2) is 4.98 Å². The summed E-state index contributed by atoms with van der Waals surface area (Å²) in [5, 5.41) is 27.5. The lowest BCUT2D eigenvalue weighted by molar-refractivity contribution is 0.0893. The number of carbonyl (C=O) groups excluding carboxylic acids is 1. The van der Waals surface area contributed by atoms with Gasteiger partial charge in [-0.05, 0) is 18.9 Å². The molecule has 3 heterocycles. The largest absolute Gasteiger partial charge is 0.339 e. The monoisotopic (exact) mass is 299 g/mol. The molecule has 0 bridgehead atoms. The molecule has 0 spiro atoms. The van der Waals surface area contributed by atoms with Gasteiger partial charge in [0.1, 0.15) is 11.1 Å². The highest BCUT2D eigenvalue weighted by molar-refractivity contribution is 5.96. The molecule has 10 nitrogen and oxygen atoms in total. The molecule has 1 fully saturated rings. The molecular formula is C12H13N9O. The number of pyridine rings is 1. The molecule has 0 unspecified atom stereocenters. The SMILES string of the molecule is O=C(NC1(c2nn[nH]n2)CCCC1)c1cnc2n[nH]nc2c1. The van der Waals surface area contributed by atoms with E-state index in [-0.39, 0.29) is 5.91 Å². The smallest absolute Gasteiger partial charge is 0.253 e. The third-order valence-corrected chi connectivity index (χ3v) is 4.02. The van der Waals surface area contributed by atoms with Crippen LogP contribution in [0, 0.1) is 0 Å². The number of tetrazole rings is 1. The molecule has 10 heteroatoms. The lowest BCUT2D eigenvalue weighted by Crippen LogP contribution is -2.44. The number of fused-ring (bicyclic) bond motifs is 1. The Morgan fingerprint density at radius 2 is 2.05 bits per heavy atom. The Morgan fingerprint density at radius 1 is 1.18 bits per heavy atom. The molecule has 1 aliphatic rings. The Morgan fingerprint density at radius 3 is 2.82 bits per heavy atom. The molecule has 3 aromatic heterocycles. The van der Waals surface area contributed by atoms with E-state index in [1.807, 2.05) is 0 Å². The van der Waals surface area contributed by atoms with Crippen LogP contribution in [-0.4, -0.2) is 46.9 Å². The second-order valence-electron chi connectivity index (χ2n) is 5.37. The van der Waals surface area contributed by atoms with Crippen molar-refractivity contribution in [2.24, 2.45) is 0 Å². The summed E-state index contributed by atoms with van der Waals surface area (Å²) in [7, 11) is 0. The summed E-state index contributed by atoms with van der Waals surface area (Å²) in [6, 6.07) is 1.65. The lowest BCUT2D eigenvalue weighted by atomic mass is 9.96. The normalized spacial score (nSPS) is 16.9. The van der Waals surface area contributed by atoms with E-state index in [1.54, 1.807) is 6.07 Å². The van der Waals surface area contributed by atoms with Crippen molar-refractivity contribution in [2.75, 3.05) is 0 Å². The molecule has 1 amide bonds. The van der Waals surface area contributed by atoms with Gasteiger partial charge in [-0.15, -0.1) is 15.3 Å². The van der Waals surface area contributed by atoms with Crippen LogP contribution in [0.25, 0.3) is 11.2 Å². The minimum atomic E-state index is -0.567. The van der Waals surface area contributed by atoms with Gasteiger partial charge in [-0.2, -0.15) is 15.5 Å². The first kappa shape index (κ1) is 12.8. The second-order valence-corrected chi connectivity index (χ2v) is 5.37. The van der Waals surface area contributed by atoms with Crippen LogP contribution < -0.4 is 5.32 Å². The average Bonchev–Trinajstić information content (AvgIpc) is 3.27. The van der Waals surface area contributed by atoms with Crippen LogP contribution in [0.2, 0.25) is 0 Å². The van der Waals surface area contributed by atoms with Crippen LogP contribution in [0.15, 0.2) is 12.3 Å². The summed E-state index contributed by atoms with van der Waals surface area (Å²) < 4.78 is 0. The Balaban J connectivity index is 1.64. The van der Waals surface area contributed by atoms with E-state index in [9.17, 15) is 4.79 Å². The van der Waals surface area contributed by atoms with Crippen LogP contribution in [-0.2, 0) is 5.54 Å². The quantitative estimate of drug-likeness (QED) is 0.621. The highest BCUT2D eigenvalue weighted by Gasteiger charge is 2.41. The van der Waals surface area contributed by atoms with Gasteiger partial charge in [0.15, 0.2) is 5.82 Å². The predicted molar refractivity (Wildman–Crippen MR) is 73.5 cm³/mol. The summed E-state index contributed by atoms with van der Waals surface area (Å²) in [6.07, 6.45) is 5.08. The van der Waals surface area contributed by atoms with Crippen LogP contribution in [0.1, 0.15) is 41.9 Å². The summed E-state index contributed by atoms with van der Waals surface area (Å²) >= 11 is 0. The molecule has 0 aliphatic heterocycles. The topological polar surface area (TPSA) is 138 Å². The molecule has 0 atom stereocenters. The number of aromatic amines is 2. The van der Waals surface area contributed by atoms with Gasteiger partial charge in [0.2, 0.25) is 5.65 Å². The van der Waals surface area contributed by atoms with Crippen molar-refractivity contribution in [1.29, 1.82) is 0 Å². The van der Waals surface area contributed by atoms with Crippen molar-refractivity contribution >= 4 is 17.1 Å². The van der Waals surface area contributed by atoms with Crippen LogP contribution in [0.3, 0.4) is 0 Å². The Labute approximate surface area is 124 Å². The van der Waals surface area contributed by atoms with Gasteiger partial charge in [0, 0.05) is 6.20 Å². The number of H-pyrrole nitrogens is 2. The molecular weight excluding hydrogens is 286 g/mol. The summed E-state index contributed by atoms with van der Waals surface area (Å²) in [5.74, 6) is 0.290. The number of hydrogen-bond donors (Lipinski definition) is 3. The lowest BCUT2D eigenvalue weighted by Gasteiger charge is -2.26. The maximum Gasteiger partial charge on any atom is 0.253 e. The van der Waals surface area contributed by atoms with Gasteiger partial charge < -0.3 is 5.32 Å². The number of nitrogens with zero attached hydrogens (tertiary/aromatic N) is 6. The van der Waals surface area contributed by atoms with E-state index in [0.29, 0.717) is 22.6 Å². The zero-order valence-electron chi connectivity index (χ0n) is 11.6. The molecule has 0 saturated heterocycles. The molecule has 112 valence electrons. The van der Waals surface area contributed by atoms with Crippen molar-refractivity contribution in [2.45, 2.75) is 31.2 Å². The minimum absolute atomic E-state index is 0.232. The van der Waals surface area contributed by atoms with Crippen LogP contribution in [0.5, 0.6) is 0 Å². The maximum absolute atomic E-state index is 12.6. The number of aromatic nitrogens is 8. The number of nitrogens with one attached hydrogen (secondary N) is 3. The first-order valence-corrected chi connectivity index (χ1v) is 7.00.